The summed E-state index contributed by atoms with van der Waals surface area (Å²) in [5, 5.41) is 0. The van der Waals surface area contributed by atoms with Crippen LogP contribution in [0.3, 0.4) is 0 Å². The van der Waals surface area contributed by atoms with Crippen molar-refractivity contribution in [3.8, 4) is 0 Å². The number of esters is 2. The van der Waals surface area contributed by atoms with Gasteiger partial charge in [0.1, 0.15) is 13.2 Å². The van der Waals surface area contributed by atoms with E-state index in [1.807, 2.05) is 12.1 Å². The maximum atomic E-state index is 12.5. The van der Waals surface area contributed by atoms with E-state index in [0.717, 1.165) is 0 Å². The number of rotatable bonds is 6. The molecule has 0 spiro atoms. The number of ether oxygens (including phenoxy) is 2. The highest BCUT2D eigenvalue weighted by Gasteiger charge is 2.40. The lowest BCUT2D eigenvalue weighted by atomic mass is 9.86. The zero-order chi connectivity index (χ0) is 21.8. The largest absolute Gasteiger partial charge is 0.461 e. The number of benzene rings is 3. The first kappa shape index (κ1) is 20.5. The standard InChI is InChI=1S/C25H24N2O4/c26-21-9-5-17(6-10-21)23(28)30-15-25(13-19-3-1-2-4-20(19)14-25)16-31-24(29)18-7-11-22(27)12-8-18/h1-12H,13-16,26-27H2. The van der Waals surface area contributed by atoms with E-state index in [1.165, 1.54) is 11.1 Å². The molecule has 3 aromatic carbocycles. The van der Waals surface area contributed by atoms with Crippen molar-refractivity contribution in [2.45, 2.75) is 12.8 Å². The fourth-order valence-electron chi connectivity index (χ4n) is 3.86. The van der Waals surface area contributed by atoms with E-state index < -0.39 is 17.4 Å². The summed E-state index contributed by atoms with van der Waals surface area (Å²) in [6.07, 6.45) is 1.32. The van der Waals surface area contributed by atoms with Crippen LogP contribution in [0.15, 0.2) is 72.8 Å². The number of fused-ring (bicyclic) bond motifs is 1. The first-order chi connectivity index (χ1) is 14.9. The summed E-state index contributed by atoms with van der Waals surface area (Å²) in [5.41, 5.74) is 15.2. The number of anilines is 2. The lowest BCUT2D eigenvalue weighted by molar-refractivity contribution is -0.00223. The first-order valence-electron chi connectivity index (χ1n) is 10.1. The van der Waals surface area contributed by atoms with Crippen LogP contribution in [0.2, 0.25) is 0 Å². The normalized spacial score (nSPS) is 13.9. The van der Waals surface area contributed by atoms with Gasteiger partial charge in [-0.3, -0.25) is 0 Å². The van der Waals surface area contributed by atoms with Crippen molar-refractivity contribution in [2.75, 3.05) is 24.7 Å². The highest BCUT2D eigenvalue weighted by atomic mass is 16.5. The first-order valence-corrected chi connectivity index (χ1v) is 10.1. The molecule has 0 atom stereocenters. The highest BCUT2D eigenvalue weighted by molar-refractivity contribution is 5.90. The molecule has 0 heterocycles. The summed E-state index contributed by atoms with van der Waals surface area (Å²) in [4.78, 5) is 25.1. The molecule has 3 aromatic rings. The Morgan fingerprint density at radius 1 is 0.677 bits per heavy atom. The molecule has 1 aliphatic rings. The Labute approximate surface area is 180 Å². The maximum absolute atomic E-state index is 12.5. The lowest BCUT2D eigenvalue weighted by Gasteiger charge is -2.28. The van der Waals surface area contributed by atoms with Gasteiger partial charge >= 0.3 is 11.9 Å². The van der Waals surface area contributed by atoms with Gasteiger partial charge in [-0.15, -0.1) is 0 Å². The predicted octanol–water partition coefficient (Wildman–Crippen LogP) is 3.65. The fraction of sp³-hybridized carbons (Fsp3) is 0.200. The van der Waals surface area contributed by atoms with Gasteiger partial charge in [-0.25, -0.2) is 9.59 Å². The molecule has 4 N–H and O–H groups in total. The molecule has 31 heavy (non-hydrogen) atoms. The zero-order valence-corrected chi connectivity index (χ0v) is 17.0. The Balaban J connectivity index is 1.47. The van der Waals surface area contributed by atoms with Gasteiger partial charge in [0.15, 0.2) is 0 Å². The topological polar surface area (TPSA) is 105 Å². The molecule has 6 heteroatoms. The van der Waals surface area contributed by atoms with Gasteiger partial charge in [-0.1, -0.05) is 24.3 Å². The van der Waals surface area contributed by atoms with Crippen molar-refractivity contribution in [1.82, 2.24) is 0 Å². The summed E-state index contributed by atoms with van der Waals surface area (Å²) < 4.78 is 11.3. The second kappa shape index (κ2) is 8.52. The summed E-state index contributed by atoms with van der Waals surface area (Å²) in [5.74, 6) is -0.861. The minimum atomic E-state index is -0.517. The predicted molar refractivity (Wildman–Crippen MR) is 119 cm³/mol. The van der Waals surface area contributed by atoms with Crippen molar-refractivity contribution < 1.29 is 19.1 Å². The van der Waals surface area contributed by atoms with E-state index in [0.29, 0.717) is 35.3 Å². The van der Waals surface area contributed by atoms with Gasteiger partial charge in [-0.05, 0) is 72.5 Å². The van der Waals surface area contributed by atoms with E-state index in [2.05, 4.69) is 12.1 Å². The fourth-order valence-corrected chi connectivity index (χ4v) is 3.86. The number of hydrogen-bond donors (Lipinski definition) is 2. The molecule has 0 saturated carbocycles. The van der Waals surface area contributed by atoms with E-state index in [4.69, 9.17) is 20.9 Å². The number of carbonyl (C=O) groups is 2. The van der Waals surface area contributed by atoms with Crippen molar-refractivity contribution in [3.63, 3.8) is 0 Å². The molecule has 0 amide bonds. The minimum Gasteiger partial charge on any atom is -0.461 e. The SMILES string of the molecule is Nc1ccc(C(=O)OCC2(COC(=O)c3ccc(N)cc3)Cc3ccccc3C2)cc1. The van der Waals surface area contributed by atoms with Crippen LogP contribution in [0.5, 0.6) is 0 Å². The molecule has 4 rings (SSSR count). The van der Waals surface area contributed by atoms with Crippen LogP contribution >= 0.6 is 0 Å². The van der Waals surface area contributed by atoms with Gasteiger partial charge in [-0.2, -0.15) is 0 Å². The molecule has 0 aliphatic heterocycles. The monoisotopic (exact) mass is 416 g/mol. The van der Waals surface area contributed by atoms with E-state index in [1.54, 1.807) is 48.5 Å². The molecule has 0 bridgehead atoms. The lowest BCUT2D eigenvalue weighted by Crippen LogP contribution is -2.35. The molecule has 0 saturated heterocycles. The van der Waals surface area contributed by atoms with Gasteiger partial charge < -0.3 is 20.9 Å². The molecule has 158 valence electrons. The summed E-state index contributed by atoms with van der Waals surface area (Å²) in [7, 11) is 0. The quantitative estimate of drug-likeness (QED) is 0.469. The van der Waals surface area contributed by atoms with Gasteiger partial charge in [0.05, 0.1) is 11.1 Å². The third kappa shape index (κ3) is 4.69. The van der Waals surface area contributed by atoms with Crippen molar-refractivity contribution in [1.29, 1.82) is 0 Å². The summed E-state index contributed by atoms with van der Waals surface area (Å²) in [6, 6.07) is 21.2. The number of nitrogens with two attached hydrogens (primary N) is 2. The zero-order valence-electron chi connectivity index (χ0n) is 17.0. The van der Waals surface area contributed by atoms with Crippen molar-refractivity contribution >= 4 is 23.3 Å². The van der Waals surface area contributed by atoms with Crippen LogP contribution in [-0.2, 0) is 22.3 Å². The molecule has 6 nitrogen and oxygen atoms in total. The summed E-state index contributed by atoms with van der Waals surface area (Å²) in [6.45, 7) is 0.278. The molecule has 0 radical (unpaired) electrons. The number of hydrogen-bond acceptors (Lipinski definition) is 6. The van der Waals surface area contributed by atoms with Crippen LogP contribution in [0, 0.1) is 5.41 Å². The number of nitrogen functional groups attached to an aromatic ring is 2. The molecule has 0 unspecified atom stereocenters. The third-order valence-electron chi connectivity index (χ3n) is 5.56. The van der Waals surface area contributed by atoms with E-state index in [-0.39, 0.29) is 13.2 Å². The van der Waals surface area contributed by atoms with Crippen molar-refractivity contribution in [2.24, 2.45) is 5.41 Å². The molecule has 0 fully saturated rings. The average molecular weight is 416 g/mol. The van der Waals surface area contributed by atoms with E-state index in [9.17, 15) is 9.59 Å². The smallest absolute Gasteiger partial charge is 0.338 e. The van der Waals surface area contributed by atoms with Crippen LogP contribution in [0.1, 0.15) is 31.8 Å². The second-order valence-corrected chi connectivity index (χ2v) is 8.02. The van der Waals surface area contributed by atoms with Crippen LogP contribution in [0.4, 0.5) is 11.4 Å². The number of carbonyl (C=O) groups excluding carboxylic acids is 2. The molecule has 0 aromatic heterocycles. The van der Waals surface area contributed by atoms with Gasteiger partial charge in [0.2, 0.25) is 0 Å². The van der Waals surface area contributed by atoms with Gasteiger partial charge in [0.25, 0.3) is 0 Å². The van der Waals surface area contributed by atoms with Crippen LogP contribution < -0.4 is 11.5 Å². The Morgan fingerprint density at radius 2 is 1.06 bits per heavy atom. The van der Waals surface area contributed by atoms with Gasteiger partial charge in [0, 0.05) is 16.8 Å². The Kier molecular flexibility index (Phi) is 5.62. The Morgan fingerprint density at radius 3 is 1.45 bits per heavy atom. The molecule has 1 aliphatic carbocycles. The summed E-state index contributed by atoms with van der Waals surface area (Å²) >= 11 is 0. The molecular formula is C25H24N2O4. The molecular weight excluding hydrogens is 392 g/mol. The highest BCUT2D eigenvalue weighted by Crippen LogP contribution is 2.38. The average Bonchev–Trinajstić information content (AvgIpc) is 3.16. The second-order valence-electron chi connectivity index (χ2n) is 8.02. The van der Waals surface area contributed by atoms with Crippen LogP contribution in [0.25, 0.3) is 0 Å². The maximum Gasteiger partial charge on any atom is 0.338 e. The third-order valence-corrected chi connectivity index (χ3v) is 5.56. The van der Waals surface area contributed by atoms with Crippen molar-refractivity contribution in [3.05, 3.63) is 95.1 Å². The minimum absolute atomic E-state index is 0.139. The Hall–Kier alpha value is -3.80. The van der Waals surface area contributed by atoms with E-state index >= 15 is 0 Å². The Bertz CT molecular complexity index is 1000. The van der Waals surface area contributed by atoms with Crippen LogP contribution in [-0.4, -0.2) is 25.2 Å².